The van der Waals surface area contributed by atoms with Gasteiger partial charge in [0.15, 0.2) is 11.9 Å². The second kappa shape index (κ2) is 2.38. The van der Waals surface area contributed by atoms with Crippen LogP contribution >= 0.6 is 0 Å². The van der Waals surface area contributed by atoms with Crippen LogP contribution in [0.25, 0.3) is 0 Å². The van der Waals surface area contributed by atoms with Gasteiger partial charge in [0.25, 0.3) is 0 Å². The van der Waals surface area contributed by atoms with Crippen LogP contribution in [0.15, 0.2) is 24.0 Å². The summed E-state index contributed by atoms with van der Waals surface area (Å²) in [4.78, 5) is 9.81. The zero-order valence-electron chi connectivity index (χ0n) is 6.78. The normalized spacial score (nSPS) is 33.9. The second-order valence-corrected chi connectivity index (χ2v) is 3.38. The van der Waals surface area contributed by atoms with Crippen LogP contribution in [-0.4, -0.2) is 6.10 Å². The van der Waals surface area contributed by atoms with Gasteiger partial charge in [-0.15, -0.1) is 0 Å². The van der Waals surface area contributed by atoms with Crippen LogP contribution in [0, 0.1) is 11.8 Å². The molecule has 0 saturated carbocycles. The Hall–Kier alpha value is -0.760. The lowest BCUT2D eigenvalue weighted by Crippen LogP contribution is -2.38. The maximum absolute atomic E-state index is 4.99. The molecule has 1 fully saturated rings. The average Bonchev–Trinajstić information content (AvgIpc) is 1.90. The molecule has 2 nitrogen and oxygen atoms in total. The summed E-state index contributed by atoms with van der Waals surface area (Å²) in [5.74, 6) is 2.08. The molecule has 0 radical (unpaired) electrons. The van der Waals surface area contributed by atoms with E-state index in [2.05, 4.69) is 19.9 Å². The highest BCUT2D eigenvalue weighted by molar-refractivity contribution is 5.22. The van der Waals surface area contributed by atoms with E-state index in [0.717, 1.165) is 5.76 Å². The van der Waals surface area contributed by atoms with Gasteiger partial charge in [-0.25, -0.2) is 0 Å². The summed E-state index contributed by atoms with van der Waals surface area (Å²) in [6.07, 6.45) is 6.38. The maximum atomic E-state index is 4.99. The molecule has 2 atom stereocenters. The number of allylic oxidation sites excluding steroid dienone is 2. The third-order valence-electron chi connectivity index (χ3n) is 2.24. The summed E-state index contributed by atoms with van der Waals surface area (Å²) < 4.78 is 0. The monoisotopic (exact) mass is 152 g/mol. The van der Waals surface area contributed by atoms with Gasteiger partial charge in [-0.2, -0.15) is 4.89 Å². The molecule has 1 saturated heterocycles. The van der Waals surface area contributed by atoms with Crippen molar-refractivity contribution in [1.82, 2.24) is 0 Å². The SMILES string of the molecule is CC(C)C1C=CC=C2OOC21. The van der Waals surface area contributed by atoms with Gasteiger partial charge in [-0.05, 0) is 12.0 Å². The molecule has 1 aliphatic heterocycles. The predicted octanol–water partition coefficient (Wildman–Crippen LogP) is 2.04. The molecule has 0 aromatic carbocycles. The molecule has 0 amide bonds. The van der Waals surface area contributed by atoms with Crippen LogP contribution in [0.2, 0.25) is 0 Å². The summed E-state index contributed by atoms with van der Waals surface area (Å²) in [5, 5.41) is 0. The Balaban J connectivity index is 2.14. The van der Waals surface area contributed by atoms with Gasteiger partial charge in [-0.3, -0.25) is 0 Å². The fourth-order valence-corrected chi connectivity index (χ4v) is 1.49. The van der Waals surface area contributed by atoms with Crippen molar-refractivity contribution in [1.29, 1.82) is 0 Å². The van der Waals surface area contributed by atoms with E-state index in [9.17, 15) is 0 Å². The Labute approximate surface area is 66.4 Å². The van der Waals surface area contributed by atoms with Gasteiger partial charge in [0.2, 0.25) is 0 Å². The molecule has 11 heavy (non-hydrogen) atoms. The second-order valence-electron chi connectivity index (χ2n) is 3.38. The van der Waals surface area contributed by atoms with Crippen molar-refractivity contribution in [2.24, 2.45) is 11.8 Å². The Morgan fingerprint density at radius 2 is 2.27 bits per heavy atom. The Kier molecular flexibility index (Phi) is 1.50. The van der Waals surface area contributed by atoms with E-state index in [1.165, 1.54) is 0 Å². The number of hydrogen-bond donors (Lipinski definition) is 0. The van der Waals surface area contributed by atoms with Crippen LogP contribution in [0.1, 0.15) is 13.8 Å². The highest BCUT2D eigenvalue weighted by Crippen LogP contribution is 2.35. The summed E-state index contributed by atoms with van der Waals surface area (Å²) >= 11 is 0. The molecular weight excluding hydrogens is 140 g/mol. The van der Waals surface area contributed by atoms with Gasteiger partial charge in [0.1, 0.15) is 0 Å². The zero-order chi connectivity index (χ0) is 7.84. The van der Waals surface area contributed by atoms with E-state index in [1.807, 2.05) is 12.2 Å². The van der Waals surface area contributed by atoms with Crippen molar-refractivity contribution in [3.8, 4) is 0 Å². The molecule has 60 valence electrons. The van der Waals surface area contributed by atoms with E-state index in [-0.39, 0.29) is 6.10 Å². The van der Waals surface area contributed by atoms with Crippen molar-refractivity contribution in [3.05, 3.63) is 24.0 Å². The molecule has 2 heteroatoms. The molecular formula is C9H12O2. The first-order valence-electron chi connectivity index (χ1n) is 4.01. The zero-order valence-corrected chi connectivity index (χ0v) is 6.78. The number of rotatable bonds is 1. The fourth-order valence-electron chi connectivity index (χ4n) is 1.49. The van der Waals surface area contributed by atoms with Crippen LogP contribution in [0.5, 0.6) is 0 Å². The summed E-state index contributed by atoms with van der Waals surface area (Å²) in [6, 6.07) is 0. The fraction of sp³-hybridized carbons (Fsp3) is 0.556. The van der Waals surface area contributed by atoms with Gasteiger partial charge in [-0.1, -0.05) is 26.0 Å². The van der Waals surface area contributed by atoms with Crippen molar-refractivity contribution in [2.75, 3.05) is 0 Å². The van der Waals surface area contributed by atoms with Gasteiger partial charge >= 0.3 is 0 Å². The van der Waals surface area contributed by atoms with Crippen LogP contribution in [-0.2, 0) is 9.78 Å². The highest BCUT2D eigenvalue weighted by atomic mass is 17.2. The van der Waals surface area contributed by atoms with Gasteiger partial charge in [0, 0.05) is 5.92 Å². The smallest absolute Gasteiger partial charge is 0.176 e. The van der Waals surface area contributed by atoms with Crippen molar-refractivity contribution < 1.29 is 9.78 Å². The topological polar surface area (TPSA) is 18.5 Å². The number of fused-ring (bicyclic) bond motifs is 1. The van der Waals surface area contributed by atoms with Crippen LogP contribution in [0.3, 0.4) is 0 Å². The van der Waals surface area contributed by atoms with Crippen LogP contribution < -0.4 is 0 Å². The molecule has 2 unspecified atom stereocenters. The van der Waals surface area contributed by atoms with Gasteiger partial charge in [0.05, 0.1) is 0 Å². The van der Waals surface area contributed by atoms with E-state index >= 15 is 0 Å². The molecule has 0 spiro atoms. The molecule has 0 bridgehead atoms. The van der Waals surface area contributed by atoms with Crippen molar-refractivity contribution in [2.45, 2.75) is 20.0 Å². The Bertz CT molecular complexity index is 216. The van der Waals surface area contributed by atoms with E-state index in [1.54, 1.807) is 0 Å². The lowest BCUT2D eigenvalue weighted by molar-refractivity contribution is -0.387. The largest absolute Gasteiger partial charge is 0.338 e. The molecule has 0 aromatic heterocycles. The third-order valence-corrected chi connectivity index (χ3v) is 2.24. The van der Waals surface area contributed by atoms with Crippen molar-refractivity contribution in [3.63, 3.8) is 0 Å². The van der Waals surface area contributed by atoms with Crippen molar-refractivity contribution >= 4 is 0 Å². The number of hydrogen-bond acceptors (Lipinski definition) is 2. The Morgan fingerprint density at radius 3 is 2.73 bits per heavy atom. The van der Waals surface area contributed by atoms with E-state index in [4.69, 9.17) is 9.78 Å². The van der Waals surface area contributed by atoms with Crippen LogP contribution in [0.4, 0.5) is 0 Å². The molecule has 0 aromatic rings. The minimum absolute atomic E-state index is 0.194. The Morgan fingerprint density at radius 1 is 1.45 bits per heavy atom. The quantitative estimate of drug-likeness (QED) is 0.535. The highest BCUT2D eigenvalue weighted by Gasteiger charge is 2.38. The molecule has 0 N–H and O–H groups in total. The van der Waals surface area contributed by atoms with Gasteiger partial charge < -0.3 is 4.89 Å². The molecule has 2 rings (SSSR count). The molecule has 2 aliphatic rings. The summed E-state index contributed by atoms with van der Waals surface area (Å²) in [5.41, 5.74) is 0. The average molecular weight is 152 g/mol. The first-order valence-corrected chi connectivity index (χ1v) is 4.01. The predicted molar refractivity (Wildman–Crippen MR) is 41.5 cm³/mol. The molecule has 1 aliphatic carbocycles. The first kappa shape index (κ1) is 6.92. The standard InChI is InChI=1S/C9H12O2/c1-6(2)7-4-3-5-8-9(7)11-10-8/h3-7,9H,1-2H3. The molecule has 1 heterocycles. The lowest BCUT2D eigenvalue weighted by atomic mass is 9.86. The van der Waals surface area contributed by atoms with E-state index in [0.29, 0.717) is 11.8 Å². The minimum Gasteiger partial charge on any atom is -0.338 e. The first-order chi connectivity index (χ1) is 5.29. The minimum atomic E-state index is 0.194. The summed E-state index contributed by atoms with van der Waals surface area (Å²) in [7, 11) is 0. The van der Waals surface area contributed by atoms with E-state index < -0.39 is 0 Å². The summed E-state index contributed by atoms with van der Waals surface area (Å²) in [6.45, 7) is 4.39. The third kappa shape index (κ3) is 0.979. The lowest BCUT2D eigenvalue weighted by Gasteiger charge is -2.36. The maximum Gasteiger partial charge on any atom is 0.176 e.